The van der Waals surface area contributed by atoms with Gasteiger partial charge in [0.25, 0.3) is 0 Å². The number of hydrogen-bond donors (Lipinski definition) is 0. The van der Waals surface area contributed by atoms with Crippen molar-refractivity contribution in [2.75, 3.05) is 27.2 Å². The van der Waals surface area contributed by atoms with E-state index < -0.39 is 5.82 Å². The summed E-state index contributed by atoms with van der Waals surface area (Å²) in [6.07, 6.45) is 5.99. The van der Waals surface area contributed by atoms with Crippen molar-refractivity contribution in [1.29, 1.82) is 0 Å². The lowest BCUT2D eigenvalue weighted by Gasteiger charge is -2.23. The largest absolute Gasteiger partial charge is 0.453 e. The van der Waals surface area contributed by atoms with Crippen molar-refractivity contribution in [3.8, 4) is 11.5 Å². The second-order valence-corrected chi connectivity index (χ2v) is 7.47. The van der Waals surface area contributed by atoms with Crippen LogP contribution in [0.3, 0.4) is 0 Å². The normalized spacial score (nSPS) is 11.2. The van der Waals surface area contributed by atoms with Crippen LogP contribution in [0.5, 0.6) is 11.5 Å². The molecule has 166 valence electrons. The summed E-state index contributed by atoms with van der Waals surface area (Å²) in [6.45, 7) is 1.20. The minimum absolute atomic E-state index is 0.0636. The molecule has 7 heteroatoms. The molecule has 0 radical (unpaired) electrons. The van der Waals surface area contributed by atoms with Crippen LogP contribution in [0.25, 0.3) is 6.08 Å². The molecule has 0 N–H and O–H groups in total. The Morgan fingerprint density at radius 3 is 2.53 bits per heavy atom. The predicted octanol–water partition coefficient (Wildman–Crippen LogP) is 4.76. The fourth-order valence-electron chi connectivity index (χ4n) is 2.93. The molecule has 0 spiro atoms. The minimum Gasteiger partial charge on any atom is -0.453 e. The van der Waals surface area contributed by atoms with Crippen molar-refractivity contribution in [3.05, 3.63) is 95.8 Å². The summed E-state index contributed by atoms with van der Waals surface area (Å²) in [5.41, 5.74) is 0.948. The molecule has 0 atom stereocenters. The molecule has 0 aliphatic heterocycles. The number of carbonyl (C=O) groups excluding carboxylic acids is 1. The third-order valence-corrected chi connectivity index (χ3v) is 4.68. The van der Waals surface area contributed by atoms with Crippen LogP contribution in [0.15, 0.2) is 73.1 Å². The SMILES string of the molecule is CN(C)CCN(Cc1ccccc1F)C(=O)/C=C/c1ccc(Oc2cccnc2)c(F)c1. The van der Waals surface area contributed by atoms with Crippen LogP contribution in [-0.2, 0) is 11.3 Å². The molecule has 3 aromatic rings. The molecule has 0 saturated carbocycles. The summed E-state index contributed by atoms with van der Waals surface area (Å²) in [5, 5.41) is 0. The first-order valence-electron chi connectivity index (χ1n) is 10.1. The number of likely N-dealkylation sites (N-methyl/N-ethyl adjacent to an activating group) is 1. The smallest absolute Gasteiger partial charge is 0.246 e. The van der Waals surface area contributed by atoms with Crippen LogP contribution in [0.1, 0.15) is 11.1 Å². The number of pyridine rings is 1. The standard InChI is InChI=1S/C25H25F2N3O2/c1-29(2)14-15-30(18-20-6-3-4-8-22(20)26)25(31)12-10-19-9-11-24(23(27)16-19)32-21-7-5-13-28-17-21/h3-13,16-17H,14-15,18H2,1-2H3/b12-10+. The number of ether oxygens (including phenoxy) is 1. The summed E-state index contributed by atoms with van der Waals surface area (Å²) in [5.74, 6) is -0.709. The van der Waals surface area contributed by atoms with Gasteiger partial charge in [0.05, 0.1) is 6.20 Å². The van der Waals surface area contributed by atoms with Gasteiger partial charge in [-0.1, -0.05) is 24.3 Å². The highest BCUT2D eigenvalue weighted by atomic mass is 19.1. The fraction of sp³-hybridized carbons (Fsp3) is 0.200. The Morgan fingerprint density at radius 1 is 1.03 bits per heavy atom. The Hall–Kier alpha value is -3.58. The number of halogens is 2. The van der Waals surface area contributed by atoms with Gasteiger partial charge in [-0.25, -0.2) is 8.78 Å². The van der Waals surface area contributed by atoms with Crippen LogP contribution < -0.4 is 4.74 Å². The number of rotatable bonds is 9. The minimum atomic E-state index is -0.556. The highest BCUT2D eigenvalue weighted by Gasteiger charge is 2.14. The highest BCUT2D eigenvalue weighted by molar-refractivity contribution is 5.91. The first-order valence-corrected chi connectivity index (χ1v) is 10.1. The average Bonchev–Trinajstić information content (AvgIpc) is 2.78. The molecular weight excluding hydrogens is 412 g/mol. The first kappa shape index (κ1) is 23.1. The van der Waals surface area contributed by atoms with Gasteiger partial charge in [0.2, 0.25) is 5.91 Å². The Bertz CT molecular complexity index is 1070. The lowest BCUT2D eigenvalue weighted by atomic mass is 10.1. The zero-order valence-electron chi connectivity index (χ0n) is 18.0. The van der Waals surface area contributed by atoms with Gasteiger partial charge in [-0.3, -0.25) is 9.78 Å². The quantitative estimate of drug-likeness (QED) is 0.453. The Labute approximate surface area is 186 Å². The molecule has 32 heavy (non-hydrogen) atoms. The van der Waals surface area contributed by atoms with Crippen molar-refractivity contribution < 1.29 is 18.3 Å². The summed E-state index contributed by atoms with van der Waals surface area (Å²) in [7, 11) is 3.80. The number of benzene rings is 2. The molecule has 0 aliphatic carbocycles. The molecule has 0 saturated heterocycles. The maximum Gasteiger partial charge on any atom is 0.246 e. The fourth-order valence-corrected chi connectivity index (χ4v) is 2.93. The summed E-state index contributed by atoms with van der Waals surface area (Å²) >= 11 is 0. The second-order valence-electron chi connectivity index (χ2n) is 7.47. The molecule has 1 amide bonds. The van der Waals surface area contributed by atoms with Gasteiger partial charge in [0.15, 0.2) is 11.6 Å². The molecule has 1 heterocycles. The highest BCUT2D eigenvalue weighted by Crippen LogP contribution is 2.25. The van der Waals surface area contributed by atoms with Crippen molar-refractivity contribution in [2.45, 2.75) is 6.54 Å². The van der Waals surface area contributed by atoms with E-state index in [0.717, 1.165) is 0 Å². The van der Waals surface area contributed by atoms with Crippen LogP contribution in [0.2, 0.25) is 0 Å². The van der Waals surface area contributed by atoms with Gasteiger partial charge in [-0.15, -0.1) is 0 Å². The molecular formula is C25H25F2N3O2. The van der Waals surface area contributed by atoms with Crippen LogP contribution in [0, 0.1) is 11.6 Å². The van der Waals surface area contributed by atoms with Gasteiger partial charge in [0, 0.05) is 37.5 Å². The van der Waals surface area contributed by atoms with Gasteiger partial charge in [0.1, 0.15) is 11.6 Å². The maximum atomic E-state index is 14.4. The molecule has 5 nitrogen and oxygen atoms in total. The molecule has 0 unspecified atom stereocenters. The van der Waals surface area contributed by atoms with Crippen molar-refractivity contribution in [2.24, 2.45) is 0 Å². The molecule has 0 aliphatic rings. The lowest BCUT2D eigenvalue weighted by molar-refractivity contribution is -0.126. The van der Waals surface area contributed by atoms with E-state index in [1.54, 1.807) is 47.5 Å². The van der Waals surface area contributed by atoms with Crippen molar-refractivity contribution in [1.82, 2.24) is 14.8 Å². The van der Waals surface area contributed by atoms with E-state index >= 15 is 0 Å². The molecule has 0 fully saturated rings. The van der Waals surface area contributed by atoms with Gasteiger partial charge < -0.3 is 14.5 Å². The summed E-state index contributed by atoms with van der Waals surface area (Å²) < 4.78 is 34.0. The van der Waals surface area contributed by atoms with E-state index in [2.05, 4.69) is 4.98 Å². The van der Waals surface area contributed by atoms with Gasteiger partial charge >= 0.3 is 0 Å². The maximum absolute atomic E-state index is 14.4. The van der Waals surface area contributed by atoms with Gasteiger partial charge in [-0.2, -0.15) is 0 Å². The lowest BCUT2D eigenvalue weighted by Crippen LogP contribution is -2.35. The molecule has 2 aromatic carbocycles. The summed E-state index contributed by atoms with van der Waals surface area (Å²) in [6, 6.07) is 14.2. The molecule has 3 rings (SSSR count). The van der Waals surface area contributed by atoms with E-state index in [4.69, 9.17) is 4.74 Å². The second kappa shape index (κ2) is 11.2. The average molecular weight is 437 g/mol. The topological polar surface area (TPSA) is 45.7 Å². The van der Waals surface area contributed by atoms with Crippen LogP contribution >= 0.6 is 0 Å². The molecule has 1 aromatic heterocycles. The monoisotopic (exact) mass is 437 g/mol. The first-order chi connectivity index (χ1) is 15.4. The molecule has 0 bridgehead atoms. The van der Waals surface area contributed by atoms with E-state index in [0.29, 0.717) is 30.0 Å². The van der Waals surface area contributed by atoms with Crippen LogP contribution in [0.4, 0.5) is 8.78 Å². The third kappa shape index (κ3) is 6.72. The Kier molecular flexibility index (Phi) is 8.05. The van der Waals surface area contributed by atoms with Crippen molar-refractivity contribution in [3.63, 3.8) is 0 Å². The Morgan fingerprint density at radius 2 is 1.84 bits per heavy atom. The van der Waals surface area contributed by atoms with Crippen molar-refractivity contribution >= 4 is 12.0 Å². The number of nitrogens with zero attached hydrogens (tertiary/aromatic N) is 3. The Balaban J connectivity index is 1.71. The van der Waals surface area contributed by atoms with Crippen LogP contribution in [-0.4, -0.2) is 47.9 Å². The predicted molar refractivity (Wildman–Crippen MR) is 120 cm³/mol. The number of carbonyl (C=O) groups is 1. The summed E-state index contributed by atoms with van der Waals surface area (Å²) in [4.78, 5) is 20.2. The third-order valence-electron chi connectivity index (χ3n) is 4.68. The van der Waals surface area contributed by atoms with E-state index in [9.17, 15) is 13.6 Å². The van der Waals surface area contributed by atoms with E-state index in [-0.39, 0.29) is 24.0 Å². The van der Waals surface area contributed by atoms with Gasteiger partial charge in [-0.05, 0) is 56.1 Å². The zero-order valence-corrected chi connectivity index (χ0v) is 18.0. The number of amides is 1. The van der Waals surface area contributed by atoms with E-state index in [1.165, 1.54) is 36.5 Å². The number of aromatic nitrogens is 1. The zero-order chi connectivity index (χ0) is 22.9. The van der Waals surface area contributed by atoms with E-state index in [1.807, 2.05) is 19.0 Å². The number of hydrogen-bond acceptors (Lipinski definition) is 4.